The maximum atomic E-state index is 13.3. The van der Waals surface area contributed by atoms with E-state index in [1.807, 2.05) is 41.8 Å². The zero-order valence-electron chi connectivity index (χ0n) is 19.5. The van der Waals surface area contributed by atoms with E-state index in [1.165, 1.54) is 18.3 Å². The predicted octanol–water partition coefficient (Wildman–Crippen LogP) is 6.06. The van der Waals surface area contributed by atoms with Crippen LogP contribution in [0.2, 0.25) is 0 Å². The summed E-state index contributed by atoms with van der Waals surface area (Å²) in [5, 5.41) is 14.0. The van der Waals surface area contributed by atoms with Gasteiger partial charge in [-0.3, -0.25) is 9.36 Å². The van der Waals surface area contributed by atoms with Crippen LogP contribution < -0.4 is 5.01 Å². The van der Waals surface area contributed by atoms with Crippen molar-refractivity contribution in [1.29, 1.82) is 0 Å². The van der Waals surface area contributed by atoms with E-state index in [4.69, 9.17) is 0 Å². The van der Waals surface area contributed by atoms with E-state index in [9.17, 15) is 18.0 Å². The SMILES string of the molecule is Cc1ccc(-n2c(C)nnc2SCC(=O)N(/N=C\c2ccccc2)c2cccc(C(F)(F)F)c2)cc1. The normalized spacial score (nSPS) is 11.7. The molecule has 0 bridgehead atoms. The number of thioether (sulfide) groups is 1. The van der Waals surface area contributed by atoms with Gasteiger partial charge < -0.3 is 0 Å². The Balaban J connectivity index is 1.61. The Labute approximate surface area is 210 Å². The van der Waals surface area contributed by atoms with E-state index >= 15 is 0 Å². The van der Waals surface area contributed by atoms with Crippen molar-refractivity contribution in [2.45, 2.75) is 25.2 Å². The Bertz CT molecular complexity index is 1370. The van der Waals surface area contributed by atoms with Gasteiger partial charge in [0.1, 0.15) is 5.82 Å². The third-order valence-corrected chi connectivity index (χ3v) is 6.10. The molecule has 36 heavy (non-hydrogen) atoms. The second-order valence-corrected chi connectivity index (χ2v) is 8.84. The van der Waals surface area contributed by atoms with E-state index in [0.29, 0.717) is 16.5 Å². The highest BCUT2D eigenvalue weighted by Gasteiger charge is 2.31. The van der Waals surface area contributed by atoms with Crippen LogP contribution in [-0.4, -0.2) is 32.6 Å². The fourth-order valence-corrected chi connectivity index (χ4v) is 4.21. The first-order valence-electron chi connectivity index (χ1n) is 10.9. The summed E-state index contributed by atoms with van der Waals surface area (Å²) in [6, 6.07) is 21.3. The highest BCUT2D eigenvalue weighted by molar-refractivity contribution is 7.99. The van der Waals surface area contributed by atoms with Crippen LogP contribution in [0.3, 0.4) is 0 Å². The number of alkyl halides is 3. The lowest BCUT2D eigenvalue weighted by Crippen LogP contribution is -2.28. The van der Waals surface area contributed by atoms with Crippen LogP contribution in [0.15, 0.2) is 89.1 Å². The molecule has 0 aliphatic carbocycles. The number of hydrogen-bond donors (Lipinski definition) is 0. The monoisotopic (exact) mass is 509 g/mol. The number of halogens is 3. The number of hydrogen-bond acceptors (Lipinski definition) is 5. The highest BCUT2D eigenvalue weighted by Crippen LogP contribution is 2.32. The molecule has 0 saturated heterocycles. The van der Waals surface area contributed by atoms with Crippen LogP contribution in [0, 0.1) is 13.8 Å². The van der Waals surface area contributed by atoms with Crippen LogP contribution in [0.4, 0.5) is 18.9 Å². The number of aromatic nitrogens is 3. The number of anilines is 1. The Morgan fingerprint density at radius 2 is 1.72 bits per heavy atom. The number of carbonyl (C=O) groups excluding carboxylic acids is 1. The molecule has 0 atom stereocenters. The first kappa shape index (κ1) is 25.2. The molecule has 0 radical (unpaired) electrons. The van der Waals surface area contributed by atoms with Gasteiger partial charge in [-0.15, -0.1) is 10.2 Å². The van der Waals surface area contributed by atoms with Crippen molar-refractivity contribution in [2.75, 3.05) is 10.8 Å². The predicted molar refractivity (Wildman–Crippen MR) is 135 cm³/mol. The Morgan fingerprint density at radius 1 is 1.00 bits per heavy atom. The van der Waals surface area contributed by atoms with Gasteiger partial charge in [0, 0.05) is 5.69 Å². The third kappa shape index (κ3) is 6.01. The maximum Gasteiger partial charge on any atom is 0.416 e. The van der Waals surface area contributed by atoms with Crippen LogP contribution in [0.5, 0.6) is 0 Å². The van der Waals surface area contributed by atoms with Crippen molar-refractivity contribution in [3.8, 4) is 5.69 Å². The van der Waals surface area contributed by atoms with E-state index in [0.717, 1.165) is 40.2 Å². The number of carbonyl (C=O) groups is 1. The summed E-state index contributed by atoms with van der Waals surface area (Å²) >= 11 is 1.13. The molecule has 1 aromatic heterocycles. The van der Waals surface area contributed by atoms with Crippen molar-refractivity contribution in [3.05, 3.63) is 101 Å². The van der Waals surface area contributed by atoms with E-state index in [2.05, 4.69) is 15.3 Å². The number of rotatable bonds is 7. The van der Waals surface area contributed by atoms with Crippen molar-refractivity contribution in [1.82, 2.24) is 14.8 Å². The second kappa shape index (κ2) is 10.8. The molecule has 0 fully saturated rings. The first-order valence-corrected chi connectivity index (χ1v) is 11.9. The topological polar surface area (TPSA) is 63.4 Å². The van der Waals surface area contributed by atoms with Gasteiger partial charge in [0.05, 0.1) is 23.2 Å². The molecule has 0 aliphatic heterocycles. The standard InChI is InChI=1S/C26H22F3N5OS/c1-18-11-13-22(14-12-18)33-19(2)31-32-25(33)36-17-24(35)34(30-16-20-7-4-3-5-8-20)23-10-6-9-21(15-23)26(27,28)29/h3-16H,17H2,1-2H3/b30-16-. The van der Waals surface area contributed by atoms with Crippen LogP contribution in [0.1, 0.15) is 22.5 Å². The van der Waals surface area contributed by atoms with Gasteiger partial charge >= 0.3 is 6.18 Å². The molecule has 1 amide bonds. The maximum absolute atomic E-state index is 13.3. The molecule has 0 spiro atoms. The fraction of sp³-hybridized carbons (Fsp3) is 0.154. The van der Waals surface area contributed by atoms with Crippen LogP contribution >= 0.6 is 11.8 Å². The number of amides is 1. The van der Waals surface area contributed by atoms with Crippen molar-refractivity contribution in [3.63, 3.8) is 0 Å². The summed E-state index contributed by atoms with van der Waals surface area (Å²) in [6.45, 7) is 3.79. The molecule has 184 valence electrons. The Kier molecular flexibility index (Phi) is 7.54. The van der Waals surface area contributed by atoms with Crippen molar-refractivity contribution < 1.29 is 18.0 Å². The third-order valence-electron chi connectivity index (χ3n) is 5.19. The number of aryl methyl sites for hydroxylation is 2. The average molecular weight is 510 g/mol. The Hall–Kier alpha value is -3.92. The molecule has 0 N–H and O–H groups in total. The molecule has 3 aromatic carbocycles. The van der Waals surface area contributed by atoms with E-state index in [-0.39, 0.29) is 11.4 Å². The quantitative estimate of drug-likeness (QED) is 0.173. The highest BCUT2D eigenvalue weighted by atomic mass is 32.2. The number of benzene rings is 3. The van der Waals surface area contributed by atoms with Gasteiger partial charge in [-0.1, -0.05) is 65.9 Å². The minimum atomic E-state index is -4.55. The lowest BCUT2D eigenvalue weighted by atomic mass is 10.2. The van der Waals surface area contributed by atoms with Gasteiger partial charge in [-0.25, -0.2) is 5.01 Å². The molecule has 6 nitrogen and oxygen atoms in total. The average Bonchev–Trinajstić information content (AvgIpc) is 3.24. The van der Waals surface area contributed by atoms with Gasteiger partial charge in [-0.05, 0) is 49.7 Å². The van der Waals surface area contributed by atoms with Gasteiger partial charge in [0.2, 0.25) is 0 Å². The molecule has 10 heteroatoms. The lowest BCUT2D eigenvalue weighted by Gasteiger charge is -2.18. The zero-order valence-corrected chi connectivity index (χ0v) is 20.3. The van der Waals surface area contributed by atoms with Crippen molar-refractivity contribution >= 4 is 29.6 Å². The Morgan fingerprint density at radius 3 is 2.42 bits per heavy atom. The summed E-state index contributed by atoms with van der Waals surface area (Å²) in [4.78, 5) is 13.3. The zero-order chi connectivity index (χ0) is 25.7. The summed E-state index contributed by atoms with van der Waals surface area (Å²) < 4.78 is 41.8. The van der Waals surface area contributed by atoms with Crippen molar-refractivity contribution in [2.24, 2.45) is 5.10 Å². The van der Waals surface area contributed by atoms with Crippen LogP contribution in [0.25, 0.3) is 5.69 Å². The largest absolute Gasteiger partial charge is 0.416 e. The lowest BCUT2D eigenvalue weighted by molar-refractivity contribution is -0.137. The number of hydrazone groups is 1. The van der Waals surface area contributed by atoms with Gasteiger partial charge in [-0.2, -0.15) is 18.3 Å². The molecule has 0 saturated carbocycles. The van der Waals surface area contributed by atoms with Gasteiger partial charge in [0.15, 0.2) is 5.16 Å². The van der Waals surface area contributed by atoms with Gasteiger partial charge in [0.25, 0.3) is 5.91 Å². The minimum absolute atomic E-state index is 0.0128. The minimum Gasteiger partial charge on any atom is -0.274 e. The fourth-order valence-electron chi connectivity index (χ4n) is 3.37. The molecular formula is C26H22F3N5OS. The number of nitrogens with zero attached hydrogens (tertiary/aromatic N) is 5. The second-order valence-electron chi connectivity index (χ2n) is 7.90. The summed E-state index contributed by atoms with van der Waals surface area (Å²) in [7, 11) is 0. The van der Waals surface area contributed by atoms with E-state index < -0.39 is 17.6 Å². The molecule has 0 unspecified atom stereocenters. The van der Waals surface area contributed by atoms with E-state index in [1.54, 1.807) is 31.2 Å². The summed E-state index contributed by atoms with van der Waals surface area (Å²) in [5.74, 6) is 0.0140. The van der Waals surface area contributed by atoms with Crippen LogP contribution in [-0.2, 0) is 11.0 Å². The summed E-state index contributed by atoms with van der Waals surface area (Å²) in [5.41, 5.74) is 1.79. The molecule has 1 heterocycles. The molecular weight excluding hydrogens is 487 g/mol. The summed E-state index contributed by atoms with van der Waals surface area (Å²) in [6.07, 6.45) is -3.12. The molecule has 4 aromatic rings. The molecule has 0 aliphatic rings. The molecule has 4 rings (SSSR count). The smallest absolute Gasteiger partial charge is 0.274 e. The first-order chi connectivity index (χ1) is 17.2.